The van der Waals surface area contributed by atoms with E-state index in [-0.39, 0.29) is 5.56 Å². The number of halogens is 3. The molecule has 0 radical (unpaired) electrons. The van der Waals surface area contributed by atoms with Gasteiger partial charge in [-0.2, -0.15) is 13.2 Å². The normalized spacial score (nSPS) is 11.6. The van der Waals surface area contributed by atoms with E-state index in [1.807, 2.05) is 0 Å². The molecule has 0 atom stereocenters. The summed E-state index contributed by atoms with van der Waals surface area (Å²) >= 11 is 0. The van der Waals surface area contributed by atoms with E-state index in [4.69, 9.17) is 5.73 Å². The third kappa shape index (κ3) is 3.62. The Morgan fingerprint density at radius 3 is 2.34 bits per heavy atom. The molecule has 0 fully saturated rings. The topological polar surface area (TPSA) is 85.3 Å². The first-order chi connectivity index (χ1) is 13.8. The SMILES string of the molecule is Nc1nccn2c(-c3ccc(NC(=O)c4ccc(C(F)(F)F)cc4)cc3)cnc12. The molecule has 146 valence electrons. The number of carbonyl (C=O) groups excluding carboxylic acids is 1. The van der Waals surface area contributed by atoms with Gasteiger partial charge >= 0.3 is 6.18 Å². The quantitative estimate of drug-likeness (QED) is 0.541. The van der Waals surface area contributed by atoms with E-state index in [1.54, 1.807) is 47.3 Å². The van der Waals surface area contributed by atoms with Crippen LogP contribution in [0, 0.1) is 0 Å². The van der Waals surface area contributed by atoms with Crippen molar-refractivity contribution in [1.82, 2.24) is 14.4 Å². The number of amides is 1. The summed E-state index contributed by atoms with van der Waals surface area (Å²) in [7, 11) is 0. The maximum atomic E-state index is 12.6. The van der Waals surface area contributed by atoms with Gasteiger partial charge in [0, 0.05) is 29.2 Å². The lowest BCUT2D eigenvalue weighted by Crippen LogP contribution is -2.12. The number of aromatic nitrogens is 3. The van der Waals surface area contributed by atoms with Gasteiger partial charge < -0.3 is 11.1 Å². The molecule has 0 aliphatic heterocycles. The number of hydrogen-bond donors (Lipinski definition) is 2. The molecule has 3 N–H and O–H groups in total. The highest BCUT2D eigenvalue weighted by Gasteiger charge is 2.30. The van der Waals surface area contributed by atoms with Crippen LogP contribution in [0.2, 0.25) is 0 Å². The zero-order valence-electron chi connectivity index (χ0n) is 14.8. The molecule has 0 spiro atoms. The van der Waals surface area contributed by atoms with Crippen molar-refractivity contribution in [2.45, 2.75) is 6.18 Å². The van der Waals surface area contributed by atoms with Crippen molar-refractivity contribution in [3.05, 3.63) is 78.2 Å². The second-order valence-electron chi connectivity index (χ2n) is 6.26. The van der Waals surface area contributed by atoms with Gasteiger partial charge in [0.2, 0.25) is 0 Å². The van der Waals surface area contributed by atoms with E-state index in [1.165, 1.54) is 0 Å². The number of nitrogen functional groups attached to an aromatic ring is 1. The van der Waals surface area contributed by atoms with Crippen molar-refractivity contribution >= 4 is 23.1 Å². The zero-order chi connectivity index (χ0) is 20.6. The molecule has 4 rings (SSSR count). The summed E-state index contributed by atoms with van der Waals surface area (Å²) in [6.45, 7) is 0. The Balaban J connectivity index is 1.52. The number of anilines is 2. The number of carbonyl (C=O) groups is 1. The van der Waals surface area contributed by atoms with Crippen LogP contribution < -0.4 is 11.1 Å². The van der Waals surface area contributed by atoms with E-state index in [0.717, 1.165) is 35.5 Å². The van der Waals surface area contributed by atoms with Gasteiger partial charge in [-0.15, -0.1) is 0 Å². The van der Waals surface area contributed by atoms with Crippen LogP contribution in [0.4, 0.5) is 24.7 Å². The molecular formula is C20H14F3N5O. The molecule has 2 aromatic carbocycles. The van der Waals surface area contributed by atoms with Gasteiger partial charge in [0.1, 0.15) is 0 Å². The van der Waals surface area contributed by atoms with Crippen molar-refractivity contribution in [3.8, 4) is 11.3 Å². The van der Waals surface area contributed by atoms with Crippen molar-refractivity contribution in [2.75, 3.05) is 11.1 Å². The number of imidazole rings is 1. The molecule has 2 aromatic heterocycles. The lowest BCUT2D eigenvalue weighted by molar-refractivity contribution is -0.137. The van der Waals surface area contributed by atoms with Crippen LogP contribution in [0.3, 0.4) is 0 Å². The van der Waals surface area contributed by atoms with Gasteiger partial charge in [-0.05, 0) is 36.4 Å². The van der Waals surface area contributed by atoms with Crippen molar-refractivity contribution in [1.29, 1.82) is 0 Å². The summed E-state index contributed by atoms with van der Waals surface area (Å²) in [4.78, 5) is 20.5. The monoisotopic (exact) mass is 397 g/mol. The van der Waals surface area contributed by atoms with Gasteiger partial charge in [0.15, 0.2) is 11.5 Å². The van der Waals surface area contributed by atoms with Crippen molar-refractivity contribution in [3.63, 3.8) is 0 Å². The third-order valence-electron chi connectivity index (χ3n) is 4.37. The number of rotatable bonds is 3. The highest BCUT2D eigenvalue weighted by atomic mass is 19.4. The summed E-state index contributed by atoms with van der Waals surface area (Å²) in [5.74, 6) is -0.181. The molecule has 2 heterocycles. The van der Waals surface area contributed by atoms with Crippen LogP contribution in [0.15, 0.2) is 67.1 Å². The first kappa shape index (κ1) is 18.5. The third-order valence-corrected chi connectivity index (χ3v) is 4.37. The molecule has 4 aromatic rings. The van der Waals surface area contributed by atoms with Crippen LogP contribution in [0.25, 0.3) is 16.9 Å². The number of nitrogens with zero attached hydrogens (tertiary/aromatic N) is 3. The number of alkyl halides is 3. The second kappa shape index (κ2) is 6.93. The molecular weight excluding hydrogens is 383 g/mol. The average molecular weight is 397 g/mol. The molecule has 6 nitrogen and oxygen atoms in total. The van der Waals surface area contributed by atoms with E-state index >= 15 is 0 Å². The van der Waals surface area contributed by atoms with E-state index in [0.29, 0.717) is 17.2 Å². The average Bonchev–Trinajstić information content (AvgIpc) is 3.13. The van der Waals surface area contributed by atoms with E-state index in [9.17, 15) is 18.0 Å². The molecule has 0 saturated carbocycles. The number of fused-ring (bicyclic) bond motifs is 1. The van der Waals surface area contributed by atoms with Crippen LogP contribution >= 0.6 is 0 Å². The fraction of sp³-hybridized carbons (Fsp3) is 0.0500. The predicted molar refractivity (Wildman–Crippen MR) is 102 cm³/mol. The number of benzene rings is 2. The largest absolute Gasteiger partial charge is 0.416 e. The summed E-state index contributed by atoms with van der Waals surface area (Å²) in [6.07, 6.45) is 0.549. The molecule has 0 unspecified atom stereocenters. The van der Waals surface area contributed by atoms with E-state index in [2.05, 4.69) is 15.3 Å². The minimum atomic E-state index is -4.44. The molecule has 0 bridgehead atoms. The van der Waals surface area contributed by atoms with Gasteiger partial charge in [0.25, 0.3) is 5.91 Å². The maximum Gasteiger partial charge on any atom is 0.416 e. The van der Waals surface area contributed by atoms with Gasteiger partial charge in [-0.3, -0.25) is 9.20 Å². The highest BCUT2D eigenvalue weighted by molar-refractivity contribution is 6.04. The first-order valence-corrected chi connectivity index (χ1v) is 8.49. The van der Waals surface area contributed by atoms with Crippen LogP contribution in [0.1, 0.15) is 15.9 Å². The van der Waals surface area contributed by atoms with Crippen LogP contribution in [-0.4, -0.2) is 20.3 Å². The van der Waals surface area contributed by atoms with Crippen molar-refractivity contribution in [2.24, 2.45) is 0 Å². The van der Waals surface area contributed by atoms with Gasteiger partial charge in [-0.25, -0.2) is 9.97 Å². The Hall–Kier alpha value is -3.88. The smallest absolute Gasteiger partial charge is 0.381 e. The standard InChI is InChI=1S/C20H14F3N5O/c21-20(22,23)14-5-1-13(2-6-14)19(29)27-15-7-3-12(4-8-15)16-11-26-18-17(24)25-9-10-28(16)18/h1-11H,(H2,24,25)(H,27,29). The van der Waals surface area contributed by atoms with E-state index < -0.39 is 17.6 Å². The maximum absolute atomic E-state index is 12.6. The minimum Gasteiger partial charge on any atom is -0.381 e. The lowest BCUT2D eigenvalue weighted by Gasteiger charge is -2.09. The predicted octanol–water partition coefficient (Wildman–Crippen LogP) is 4.25. The number of hydrogen-bond acceptors (Lipinski definition) is 4. The molecule has 9 heteroatoms. The van der Waals surface area contributed by atoms with Crippen LogP contribution in [0.5, 0.6) is 0 Å². The molecule has 29 heavy (non-hydrogen) atoms. The Morgan fingerprint density at radius 1 is 1.00 bits per heavy atom. The molecule has 0 aliphatic rings. The molecule has 0 aliphatic carbocycles. The lowest BCUT2D eigenvalue weighted by atomic mass is 10.1. The minimum absolute atomic E-state index is 0.131. The number of nitrogens with one attached hydrogen (secondary N) is 1. The van der Waals surface area contributed by atoms with Gasteiger partial charge in [-0.1, -0.05) is 12.1 Å². The summed E-state index contributed by atoms with van der Waals surface area (Å²) in [6, 6.07) is 11.0. The Bertz CT molecular complexity index is 1180. The zero-order valence-corrected chi connectivity index (χ0v) is 14.8. The van der Waals surface area contributed by atoms with Crippen molar-refractivity contribution < 1.29 is 18.0 Å². The van der Waals surface area contributed by atoms with Crippen LogP contribution in [-0.2, 0) is 6.18 Å². The Kier molecular flexibility index (Phi) is 4.42. The second-order valence-corrected chi connectivity index (χ2v) is 6.26. The van der Waals surface area contributed by atoms with Gasteiger partial charge in [0.05, 0.1) is 17.5 Å². The Morgan fingerprint density at radius 2 is 1.69 bits per heavy atom. The summed E-state index contributed by atoms with van der Waals surface area (Å²) < 4.78 is 39.7. The fourth-order valence-corrected chi connectivity index (χ4v) is 2.89. The summed E-state index contributed by atoms with van der Waals surface area (Å²) in [5, 5.41) is 2.66. The first-order valence-electron chi connectivity index (χ1n) is 8.49. The molecule has 0 saturated heterocycles. The molecule has 1 amide bonds. The summed E-state index contributed by atoms with van der Waals surface area (Å²) in [5.41, 5.74) is 7.83. The fourth-order valence-electron chi connectivity index (χ4n) is 2.89. The number of nitrogens with two attached hydrogens (primary N) is 1. The highest BCUT2D eigenvalue weighted by Crippen LogP contribution is 2.29. The Labute approximate surface area is 162 Å².